The quantitative estimate of drug-likeness (QED) is 0.267. The summed E-state index contributed by atoms with van der Waals surface area (Å²) in [5.41, 5.74) is 3.64. The summed E-state index contributed by atoms with van der Waals surface area (Å²) in [6.07, 6.45) is 5.18. The van der Waals surface area contributed by atoms with E-state index in [1.54, 1.807) is 12.1 Å². The van der Waals surface area contributed by atoms with Crippen molar-refractivity contribution in [3.63, 3.8) is 0 Å². The molecular formula is C32H40N4O2. The number of piperidine rings is 1. The molecule has 6 heteroatoms. The van der Waals surface area contributed by atoms with Crippen LogP contribution in [0.4, 0.5) is 10.5 Å². The third-order valence-electron chi connectivity index (χ3n) is 7.28. The third kappa shape index (κ3) is 7.68. The summed E-state index contributed by atoms with van der Waals surface area (Å²) < 4.78 is 0. The zero-order valence-electron chi connectivity index (χ0n) is 22.4. The average molecular weight is 513 g/mol. The van der Waals surface area contributed by atoms with Crippen LogP contribution >= 0.6 is 0 Å². The highest BCUT2D eigenvalue weighted by Crippen LogP contribution is 2.32. The largest absolute Gasteiger partial charge is 0.352 e. The number of hydrogen-bond donors (Lipinski definition) is 3. The van der Waals surface area contributed by atoms with E-state index in [1.165, 1.54) is 11.1 Å². The van der Waals surface area contributed by atoms with Crippen molar-refractivity contribution >= 4 is 17.6 Å². The van der Waals surface area contributed by atoms with Crippen LogP contribution in [0.25, 0.3) is 0 Å². The van der Waals surface area contributed by atoms with Crippen LogP contribution in [0, 0.1) is 5.92 Å². The second-order valence-corrected chi connectivity index (χ2v) is 10.0. The fourth-order valence-electron chi connectivity index (χ4n) is 5.17. The van der Waals surface area contributed by atoms with Gasteiger partial charge in [-0.2, -0.15) is 0 Å². The van der Waals surface area contributed by atoms with Crippen molar-refractivity contribution in [1.29, 1.82) is 0 Å². The molecule has 0 radical (unpaired) electrons. The van der Waals surface area contributed by atoms with Gasteiger partial charge in [0.15, 0.2) is 0 Å². The summed E-state index contributed by atoms with van der Waals surface area (Å²) in [6, 6.07) is 28.5. The number of para-hydroxylation sites is 1. The molecule has 0 unspecified atom stereocenters. The number of amides is 3. The molecule has 1 fully saturated rings. The Kier molecular flexibility index (Phi) is 10.3. The average Bonchev–Trinajstić information content (AvgIpc) is 2.96. The van der Waals surface area contributed by atoms with E-state index in [2.05, 4.69) is 88.4 Å². The number of benzene rings is 3. The van der Waals surface area contributed by atoms with Gasteiger partial charge < -0.3 is 16.0 Å². The van der Waals surface area contributed by atoms with Crippen molar-refractivity contribution in [2.24, 2.45) is 5.92 Å². The van der Waals surface area contributed by atoms with E-state index in [0.29, 0.717) is 30.3 Å². The van der Waals surface area contributed by atoms with Crippen LogP contribution < -0.4 is 16.0 Å². The number of hydrogen-bond acceptors (Lipinski definition) is 3. The van der Waals surface area contributed by atoms with Gasteiger partial charge >= 0.3 is 6.03 Å². The van der Waals surface area contributed by atoms with Crippen molar-refractivity contribution in [1.82, 2.24) is 15.5 Å². The van der Waals surface area contributed by atoms with Crippen molar-refractivity contribution in [3.05, 3.63) is 102 Å². The van der Waals surface area contributed by atoms with E-state index in [0.717, 1.165) is 45.2 Å². The van der Waals surface area contributed by atoms with Gasteiger partial charge in [0.05, 0.1) is 17.3 Å². The van der Waals surface area contributed by atoms with Crippen molar-refractivity contribution in [2.75, 3.05) is 31.5 Å². The second kappa shape index (κ2) is 14.3. The highest BCUT2D eigenvalue weighted by atomic mass is 16.2. The van der Waals surface area contributed by atoms with E-state index >= 15 is 0 Å². The topological polar surface area (TPSA) is 73.5 Å². The van der Waals surface area contributed by atoms with Crippen molar-refractivity contribution in [3.8, 4) is 0 Å². The minimum Gasteiger partial charge on any atom is -0.352 e. The normalized spacial score (nSPS) is 14.3. The maximum Gasteiger partial charge on any atom is 0.319 e. The first-order valence-corrected chi connectivity index (χ1v) is 13.9. The van der Waals surface area contributed by atoms with Crippen LogP contribution in [0.2, 0.25) is 0 Å². The Hall–Kier alpha value is -3.64. The summed E-state index contributed by atoms with van der Waals surface area (Å²) in [5, 5.41) is 8.82. The Balaban J connectivity index is 1.30. The molecule has 0 saturated carbocycles. The van der Waals surface area contributed by atoms with Crippen LogP contribution in [0.3, 0.4) is 0 Å². The van der Waals surface area contributed by atoms with Crippen LogP contribution in [-0.4, -0.2) is 43.0 Å². The van der Waals surface area contributed by atoms with Crippen LogP contribution in [0.5, 0.6) is 0 Å². The Morgan fingerprint density at radius 3 is 2.05 bits per heavy atom. The van der Waals surface area contributed by atoms with Gasteiger partial charge in [0.25, 0.3) is 5.91 Å². The van der Waals surface area contributed by atoms with Gasteiger partial charge in [-0.25, -0.2) is 4.79 Å². The Bertz CT molecular complexity index is 1100. The van der Waals surface area contributed by atoms with Gasteiger partial charge in [0.2, 0.25) is 0 Å². The number of nitrogens with one attached hydrogen (secondary N) is 3. The number of urea groups is 1. The number of carbonyl (C=O) groups excluding carboxylic acids is 2. The monoisotopic (exact) mass is 512 g/mol. The Morgan fingerprint density at radius 1 is 0.816 bits per heavy atom. The van der Waals surface area contributed by atoms with E-state index in [1.807, 2.05) is 12.1 Å². The van der Waals surface area contributed by atoms with Crippen molar-refractivity contribution < 1.29 is 9.59 Å². The number of likely N-dealkylation sites (tertiary alicyclic amines) is 1. The molecule has 3 N–H and O–H groups in total. The lowest BCUT2D eigenvalue weighted by atomic mass is 9.91. The molecule has 3 aromatic rings. The molecule has 1 aliphatic heterocycles. The first-order chi connectivity index (χ1) is 18.7. The van der Waals surface area contributed by atoms with Crippen molar-refractivity contribution in [2.45, 2.75) is 45.1 Å². The van der Waals surface area contributed by atoms with Gasteiger partial charge in [-0.3, -0.25) is 9.69 Å². The first-order valence-electron chi connectivity index (χ1n) is 13.9. The maximum atomic E-state index is 13.0. The van der Waals surface area contributed by atoms with E-state index in [4.69, 9.17) is 0 Å². The fourth-order valence-corrected chi connectivity index (χ4v) is 5.17. The molecule has 0 bridgehead atoms. The molecular weight excluding hydrogens is 472 g/mol. The Morgan fingerprint density at radius 2 is 1.42 bits per heavy atom. The predicted molar refractivity (Wildman–Crippen MR) is 154 cm³/mol. The van der Waals surface area contributed by atoms with E-state index < -0.39 is 0 Å². The van der Waals surface area contributed by atoms with E-state index in [9.17, 15) is 9.59 Å². The molecule has 4 rings (SSSR count). The van der Waals surface area contributed by atoms with Gasteiger partial charge in [-0.1, -0.05) is 92.6 Å². The first kappa shape index (κ1) is 27.4. The number of anilines is 1. The Labute approximate surface area is 226 Å². The smallest absolute Gasteiger partial charge is 0.319 e. The second-order valence-electron chi connectivity index (χ2n) is 10.0. The van der Waals surface area contributed by atoms with Gasteiger partial charge in [-0.05, 0) is 61.5 Å². The number of carbonyl (C=O) groups is 2. The highest BCUT2D eigenvalue weighted by Gasteiger charge is 2.27. The summed E-state index contributed by atoms with van der Waals surface area (Å²) >= 11 is 0. The molecule has 6 nitrogen and oxygen atoms in total. The van der Waals surface area contributed by atoms with E-state index in [-0.39, 0.29) is 18.0 Å². The van der Waals surface area contributed by atoms with Crippen LogP contribution in [0.1, 0.15) is 66.6 Å². The minimum absolute atomic E-state index is 0.152. The molecule has 3 aromatic carbocycles. The molecule has 0 spiro atoms. The third-order valence-corrected chi connectivity index (χ3v) is 7.28. The number of rotatable bonds is 11. The van der Waals surface area contributed by atoms with Crippen LogP contribution in [-0.2, 0) is 0 Å². The summed E-state index contributed by atoms with van der Waals surface area (Å²) in [7, 11) is 0. The zero-order chi connectivity index (χ0) is 26.6. The molecule has 200 valence electrons. The summed E-state index contributed by atoms with van der Waals surface area (Å²) in [5.74, 6) is 0.269. The molecule has 0 aromatic heterocycles. The lowest BCUT2D eigenvalue weighted by Crippen LogP contribution is -2.40. The van der Waals surface area contributed by atoms with Gasteiger partial charge in [0, 0.05) is 13.1 Å². The maximum absolute atomic E-state index is 13.0. The molecule has 3 amide bonds. The van der Waals surface area contributed by atoms with Gasteiger partial charge in [0.1, 0.15) is 0 Å². The lowest BCUT2D eigenvalue weighted by Gasteiger charge is -2.38. The molecule has 1 saturated heterocycles. The predicted octanol–water partition coefficient (Wildman–Crippen LogP) is 6.23. The SMILES string of the molecule is CCCCCNC(=O)Nc1ccccc1C(=O)NCC1CCN(C(c2ccccc2)c2ccccc2)CC1. The summed E-state index contributed by atoms with van der Waals surface area (Å²) in [6.45, 7) is 5.34. The van der Waals surface area contributed by atoms with Crippen LogP contribution in [0.15, 0.2) is 84.9 Å². The molecule has 38 heavy (non-hydrogen) atoms. The highest BCUT2D eigenvalue weighted by molar-refractivity contribution is 6.03. The fraction of sp³-hybridized carbons (Fsp3) is 0.375. The number of unbranched alkanes of at least 4 members (excludes halogenated alkanes) is 2. The summed E-state index contributed by atoms with van der Waals surface area (Å²) in [4.78, 5) is 27.9. The molecule has 1 aliphatic rings. The molecule has 0 aliphatic carbocycles. The van der Waals surface area contributed by atoms with Gasteiger partial charge in [-0.15, -0.1) is 0 Å². The molecule has 1 heterocycles. The zero-order valence-corrected chi connectivity index (χ0v) is 22.4. The molecule has 0 atom stereocenters. The number of nitrogens with zero attached hydrogens (tertiary/aromatic N) is 1. The lowest BCUT2D eigenvalue weighted by molar-refractivity contribution is 0.0931. The minimum atomic E-state index is -0.278. The standard InChI is InChI=1S/C32H40N4O2/c1-2-3-12-21-33-32(38)35-29-18-11-10-17-28(29)31(37)34-24-25-19-22-36(23-20-25)30(26-13-6-4-7-14-26)27-15-8-5-9-16-27/h4-11,13-18,25,30H,2-3,12,19-24H2,1H3,(H,34,37)(H2,33,35,38).